The van der Waals surface area contributed by atoms with Gasteiger partial charge in [0.1, 0.15) is 0 Å². The average molecular weight is 301 g/mol. The van der Waals surface area contributed by atoms with Gasteiger partial charge in [-0.25, -0.2) is 0 Å². The van der Waals surface area contributed by atoms with Crippen LogP contribution in [0.5, 0.6) is 0 Å². The van der Waals surface area contributed by atoms with E-state index >= 15 is 0 Å². The molecule has 0 N–H and O–H groups in total. The van der Waals surface area contributed by atoms with Crippen molar-refractivity contribution in [1.29, 1.82) is 0 Å². The first-order valence-corrected chi connectivity index (χ1v) is 6.76. The van der Waals surface area contributed by atoms with Gasteiger partial charge in [0.05, 0.1) is 18.6 Å². The SMILES string of the molecule is COC(=O)C1CN(C)CCC1c1cccc(C(F)(F)F)c1. The van der Waals surface area contributed by atoms with E-state index in [0.717, 1.165) is 18.7 Å². The summed E-state index contributed by atoms with van der Waals surface area (Å²) in [5.74, 6) is -1.04. The van der Waals surface area contributed by atoms with Crippen LogP contribution < -0.4 is 0 Å². The van der Waals surface area contributed by atoms with E-state index < -0.39 is 17.7 Å². The first kappa shape index (κ1) is 15.8. The van der Waals surface area contributed by atoms with Crippen LogP contribution >= 0.6 is 0 Å². The lowest BCUT2D eigenvalue weighted by molar-refractivity contribution is -0.148. The van der Waals surface area contributed by atoms with Crippen LogP contribution in [0.25, 0.3) is 0 Å². The number of carbonyl (C=O) groups excluding carboxylic acids is 1. The summed E-state index contributed by atoms with van der Waals surface area (Å²) >= 11 is 0. The summed E-state index contributed by atoms with van der Waals surface area (Å²) in [5.41, 5.74) is -0.129. The number of ether oxygens (including phenoxy) is 1. The summed E-state index contributed by atoms with van der Waals surface area (Å²) < 4.78 is 43.3. The number of methoxy groups -OCH3 is 1. The molecule has 0 saturated carbocycles. The standard InChI is InChI=1S/C15H18F3NO2/c1-19-7-6-12(13(9-19)14(20)21-2)10-4-3-5-11(8-10)15(16,17)18/h3-5,8,12-13H,6-7,9H2,1-2H3. The highest BCUT2D eigenvalue weighted by Gasteiger charge is 2.36. The zero-order valence-corrected chi connectivity index (χ0v) is 12.0. The molecular weight excluding hydrogens is 283 g/mol. The highest BCUT2D eigenvalue weighted by molar-refractivity contribution is 5.74. The van der Waals surface area contributed by atoms with E-state index in [-0.39, 0.29) is 11.9 Å². The first-order chi connectivity index (χ1) is 9.82. The van der Waals surface area contributed by atoms with Crippen LogP contribution in [-0.4, -0.2) is 38.1 Å². The molecule has 2 unspecified atom stereocenters. The molecule has 1 aliphatic heterocycles. The zero-order valence-electron chi connectivity index (χ0n) is 12.0. The van der Waals surface area contributed by atoms with Gasteiger partial charge in [-0.2, -0.15) is 13.2 Å². The number of alkyl halides is 3. The highest BCUT2D eigenvalue weighted by atomic mass is 19.4. The molecule has 0 amide bonds. The Morgan fingerprint density at radius 3 is 2.71 bits per heavy atom. The maximum absolute atomic E-state index is 12.8. The molecule has 0 bridgehead atoms. The molecule has 2 rings (SSSR count). The number of likely N-dealkylation sites (tertiary alicyclic amines) is 1. The molecule has 21 heavy (non-hydrogen) atoms. The van der Waals surface area contributed by atoms with Crippen LogP contribution in [0.15, 0.2) is 24.3 Å². The first-order valence-electron chi connectivity index (χ1n) is 6.76. The van der Waals surface area contributed by atoms with Crippen molar-refractivity contribution in [2.45, 2.75) is 18.5 Å². The van der Waals surface area contributed by atoms with Crippen LogP contribution in [0.3, 0.4) is 0 Å². The maximum Gasteiger partial charge on any atom is 0.416 e. The Kier molecular flexibility index (Phi) is 4.56. The predicted octanol–water partition coefficient (Wildman–Crippen LogP) is 2.91. The Morgan fingerprint density at radius 2 is 2.10 bits per heavy atom. The molecule has 6 heteroatoms. The Morgan fingerprint density at radius 1 is 1.38 bits per heavy atom. The van der Waals surface area contributed by atoms with Crippen molar-refractivity contribution in [3.8, 4) is 0 Å². The van der Waals surface area contributed by atoms with E-state index in [4.69, 9.17) is 4.74 Å². The second kappa shape index (κ2) is 6.05. The Hall–Kier alpha value is -1.56. The van der Waals surface area contributed by atoms with Crippen LogP contribution in [0.2, 0.25) is 0 Å². The third-order valence-electron chi connectivity index (χ3n) is 3.96. The lowest BCUT2D eigenvalue weighted by Gasteiger charge is -2.35. The molecule has 1 aromatic carbocycles. The number of nitrogens with zero attached hydrogens (tertiary/aromatic N) is 1. The highest BCUT2D eigenvalue weighted by Crippen LogP contribution is 2.36. The molecule has 0 spiro atoms. The summed E-state index contributed by atoms with van der Waals surface area (Å²) in [5, 5.41) is 0. The van der Waals surface area contributed by atoms with Gasteiger partial charge in [-0.15, -0.1) is 0 Å². The fraction of sp³-hybridized carbons (Fsp3) is 0.533. The summed E-state index contributed by atoms with van der Waals surface area (Å²) in [6, 6.07) is 5.24. The molecule has 2 atom stereocenters. The van der Waals surface area contributed by atoms with Gasteiger partial charge in [-0.1, -0.05) is 18.2 Å². The quantitative estimate of drug-likeness (QED) is 0.787. The second-order valence-corrected chi connectivity index (χ2v) is 5.41. The van der Waals surface area contributed by atoms with E-state index in [2.05, 4.69) is 0 Å². The Labute approximate surface area is 121 Å². The number of piperidine rings is 1. The van der Waals surface area contributed by atoms with E-state index in [0.29, 0.717) is 18.5 Å². The molecule has 1 aromatic rings. The smallest absolute Gasteiger partial charge is 0.416 e. The molecule has 116 valence electrons. The Bertz CT molecular complexity index is 516. The van der Waals surface area contributed by atoms with E-state index in [1.54, 1.807) is 6.07 Å². The van der Waals surface area contributed by atoms with Crippen molar-refractivity contribution >= 4 is 5.97 Å². The van der Waals surface area contributed by atoms with Crippen LogP contribution in [0.4, 0.5) is 13.2 Å². The fourth-order valence-electron chi connectivity index (χ4n) is 2.85. The monoisotopic (exact) mass is 301 g/mol. The number of hydrogen-bond acceptors (Lipinski definition) is 3. The number of hydrogen-bond donors (Lipinski definition) is 0. The van der Waals surface area contributed by atoms with Crippen LogP contribution in [0, 0.1) is 5.92 Å². The van der Waals surface area contributed by atoms with Gasteiger partial charge in [0.25, 0.3) is 0 Å². The summed E-state index contributed by atoms with van der Waals surface area (Å²) in [4.78, 5) is 13.9. The van der Waals surface area contributed by atoms with Gasteiger partial charge in [0.2, 0.25) is 0 Å². The molecule has 1 heterocycles. The van der Waals surface area contributed by atoms with Gasteiger partial charge >= 0.3 is 12.1 Å². The van der Waals surface area contributed by atoms with Crippen molar-refractivity contribution in [3.63, 3.8) is 0 Å². The van der Waals surface area contributed by atoms with Crippen molar-refractivity contribution < 1.29 is 22.7 Å². The van der Waals surface area contributed by atoms with Gasteiger partial charge in [0, 0.05) is 6.54 Å². The second-order valence-electron chi connectivity index (χ2n) is 5.41. The number of benzene rings is 1. The minimum absolute atomic E-state index is 0.240. The van der Waals surface area contributed by atoms with Gasteiger partial charge in [0.15, 0.2) is 0 Å². The van der Waals surface area contributed by atoms with E-state index in [1.165, 1.54) is 13.2 Å². The topological polar surface area (TPSA) is 29.5 Å². The molecule has 1 saturated heterocycles. The minimum Gasteiger partial charge on any atom is -0.469 e. The summed E-state index contributed by atoms with van der Waals surface area (Å²) in [6.45, 7) is 1.24. The zero-order chi connectivity index (χ0) is 15.6. The van der Waals surface area contributed by atoms with E-state index in [9.17, 15) is 18.0 Å². The third kappa shape index (κ3) is 3.56. The largest absolute Gasteiger partial charge is 0.469 e. The molecule has 0 aliphatic carbocycles. The maximum atomic E-state index is 12.8. The minimum atomic E-state index is -4.37. The predicted molar refractivity (Wildman–Crippen MR) is 71.8 cm³/mol. The molecule has 0 aromatic heterocycles. The summed E-state index contributed by atoms with van der Waals surface area (Å²) in [7, 11) is 3.19. The third-order valence-corrected chi connectivity index (χ3v) is 3.96. The normalized spacial score (nSPS) is 23.9. The van der Waals surface area contributed by atoms with Crippen molar-refractivity contribution in [2.75, 3.05) is 27.2 Å². The average Bonchev–Trinajstić information content (AvgIpc) is 2.45. The van der Waals surface area contributed by atoms with Gasteiger partial charge in [-0.3, -0.25) is 4.79 Å². The molecule has 0 radical (unpaired) electrons. The summed E-state index contributed by atoms with van der Waals surface area (Å²) in [6.07, 6.45) is -3.74. The van der Waals surface area contributed by atoms with Gasteiger partial charge in [-0.05, 0) is 37.6 Å². The number of esters is 1. The lowest BCUT2D eigenvalue weighted by Crippen LogP contribution is -2.41. The van der Waals surface area contributed by atoms with Crippen molar-refractivity contribution in [2.24, 2.45) is 5.92 Å². The fourth-order valence-corrected chi connectivity index (χ4v) is 2.85. The van der Waals surface area contributed by atoms with Crippen LogP contribution in [0.1, 0.15) is 23.5 Å². The van der Waals surface area contributed by atoms with E-state index in [1.807, 2.05) is 11.9 Å². The molecule has 1 aliphatic rings. The molecule has 3 nitrogen and oxygen atoms in total. The number of carbonyl (C=O) groups is 1. The van der Waals surface area contributed by atoms with Crippen molar-refractivity contribution in [1.82, 2.24) is 4.90 Å². The Balaban J connectivity index is 2.32. The molecular formula is C15H18F3NO2. The van der Waals surface area contributed by atoms with Crippen molar-refractivity contribution in [3.05, 3.63) is 35.4 Å². The van der Waals surface area contributed by atoms with Crippen LogP contribution in [-0.2, 0) is 15.7 Å². The molecule has 1 fully saturated rings. The van der Waals surface area contributed by atoms with Gasteiger partial charge < -0.3 is 9.64 Å². The lowest BCUT2D eigenvalue weighted by atomic mass is 9.80. The number of rotatable bonds is 2. The number of halogens is 3.